The highest BCUT2D eigenvalue weighted by Gasteiger charge is 2.16. The van der Waals surface area contributed by atoms with Crippen LogP contribution in [0.4, 0.5) is 0 Å². The zero-order valence-corrected chi connectivity index (χ0v) is 13.8. The maximum Gasteiger partial charge on any atom is 0.236 e. The Kier molecular flexibility index (Phi) is 6.51. The van der Waals surface area contributed by atoms with Gasteiger partial charge in [-0.1, -0.05) is 37.9 Å². The Morgan fingerprint density at radius 2 is 2.18 bits per heavy atom. The lowest BCUT2D eigenvalue weighted by Gasteiger charge is -2.02. The van der Waals surface area contributed by atoms with E-state index in [0.717, 1.165) is 18.5 Å². The van der Waals surface area contributed by atoms with Crippen LogP contribution >= 0.6 is 11.8 Å². The second-order valence-electron chi connectivity index (χ2n) is 5.13. The quantitative estimate of drug-likeness (QED) is 0.476. The Bertz CT molecular complexity index is 568. The van der Waals surface area contributed by atoms with Crippen molar-refractivity contribution in [1.29, 1.82) is 0 Å². The Labute approximate surface area is 134 Å². The molecule has 0 atom stereocenters. The number of hydrogen-bond acceptors (Lipinski definition) is 6. The summed E-state index contributed by atoms with van der Waals surface area (Å²) in [5.41, 5.74) is 2.40. The first-order valence-corrected chi connectivity index (χ1v) is 8.53. The molecule has 0 aliphatic carbocycles. The van der Waals surface area contributed by atoms with Gasteiger partial charge in [0.2, 0.25) is 5.91 Å². The number of unbranched alkanes of at least 4 members (excludes halogenated alkanes) is 3. The smallest absolute Gasteiger partial charge is 0.236 e. The summed E-state index contributed by atoms with van der Waals surface area (Å²) in [5.74, 6) is 0.365. The largest absolute Gasteiger partial charge is 0.303 e. The minimum absolute atomic E-state index is 0.0381. The minimum atomic E-state index is -0.0381. The fourth-order valence-electron chi connectivity index (χ4n) is 1.95. The van der Waals surface area contributed by atoms with Gasteiger partial charge in [-0.25, -0.2) is 0 Å². The standard InChI is InChI=1S/C15H21N5OS/c1-3-4-5-6-7-12-8-17-13(9-16-12)11(2)19-20-15-18-14(21)10-22-15/h8-9H,3-7,10H2,1-2H3,(H,18,20,21)/b19-11+. The first-order valence-electron chi connectivity index (χ1n) is 7.55. The molecule has 1 aliphatic heterocycles. The van der Waals surface area contributed by atoms with Gasteiger partial charge in [-0.3, -0.25) is 14.8 Å². The van der Waals surface area contributed by atoms with Gasteiger partial charge in [0.1, 0.15) is 5.69 Å². The number of nitrogens with zero attached hydrogens (tertiary/aromatic N) is 4. The molecule has 2 heterocycles. The van der Waals surface area contributed by atoms with Crippen molar-refractivity contribution in [3.63, 3.8) is 0 Å². The summed E-state index contributed by atoms with van der Waals surface area (Å²) in [7, 11) is 0. The maximum atomic E-state index is 11.0. The highest BCUT2D eigenvalue weighted by molar-refractivity contribution is 8.15. The molecule has 1 aromatic rings. The summed E-state index contributed by atoms with van der Waals surface area (Å²) in [4.78, 5) is 19.9. The van der Waals surface area contributed by atoms with Crippen molar-refractivity contribution in [3.05, 3.63) is 23.8 Å². The molecule has 0 unspecified atom stereocenters. The highest BCUT2D eigenvalue weighted by Crippen LogP contribution is 2.09. The molecule has 1 N–H and O–H groups in total. The molecule has 118 valence electrons. The van der Waals surface area contributed by atoms with Crippen LogP contribution in [0.3, 0.4) is 0 Å². The molecule has 1 amide bonds. The fraction of sp³-hybridized carbons (Fsp3) is 0.533. The van der Waals surface area contributed by atoms with Crippen molar-refractivity contribution >= 4 is 28.5 Å². The van der Waals surface area contributed by atoms with Crippen LogP contribution in [0.2, 0.25) is 0 Å². The van der Waals surface area contributed by atoms with Crippen LogP contribution in [0, 0.1) is 0 Å². The summed E-state index contributed by atoms with van der Waals surface area (Å²) in [6.07, 6.45) is 9.40. The van der Waals surface area contributed by atoms with Gasteiger partial charge < -0.3 is 5.32 Å². The van der Waals surface area contributed by atoms with E-state index < -0.39 is 0 Å². The summed E-state index contributed by atoms with van der Waals surface area (Å²) < 4.78 is 0. The fourth-order valence-corrected chi connectivity index (χ4v) is 2.58. The molecular formula is C15H21N5OS. The Balaban J connectivity index is 1.90. The number of thioether (sulfide) groups is 1. The van der Waals surface area contributed by atoms with Gasteiger partial charge >= 0.3 is 0 Å². The molecule has 6 nitrogen and oxygen atoms in total. The third kappa shape index (κ3) is 5.22. The molecule has 7 heteroatoms. The first kappa shape index (κ1) is 16.6. The van der Waals surface area contributed by atoms with Crippen LogP contribution < -0.4 is 5.32 Å². The van der Waals surface area contributed by atoms with E-state index in [9.17, 15) is 4.79 Å². The summed E-state index contributed by atoms with van der Waals surface area (Å²) in [5, 5.41) is 11.3. The second-order valence-corrected chi connectivity index (χ2v) is 6.10. The molecule has 1 fully saturated rings. The van der Waals surface area contributed by atoms with Crippen LogP contribution in [0.15, 0.2) is 22.6 Å². The van der Waals surface area contributed by atoms with Crippen LogP contribution in [-0.4, -0.2) is 32.5 Å². The Hall–Kier alpha value is -1.76. The molecule has 0 radical (unpaired) electrons. The molecule has 1 saturated heterocycles. The molecule has 22 heavy (non-hydrogen) atoms. The lowest BCUT2D eigenvalue weighted by Crippen LogP contribution is -2.19. The third-order valence-electron chi connectivity index (χ3n) is 3.24. The highest BCUT2D eigenvalue weighted by atomic mass is 32.2. The van der Waals surface area contributed by atoms with Crippen molar-refractivity contribution in [1.82, 2.24) is 15.3 Å². The first-order chi connectivity index (χ1) is 10.7. The average Bonchev–Trinajstić information content (AvgIpc) is 2.95. The van der Waals surface area contributed by atoms with Crippen molar-refractivity contribution in [2.75, 3.05) is 5.75 Å². The number of amides is 1. The van der Waals surface area contributed by atoms with Gasteiger partial charge in [0, 0.05) is 6.20 Å². The molecule has 1 aromatic heterocycles. The SMILES string of the molecule is CCCCCCc1cnc(/C(C)=N/N=C2/NC(=O)CS2)cn1. The number of rotatable bonds is 7. The van der Waals surface area contributed by atoms with Gasteiger partial charge in [0.15, 0.2) is 5.17 Å². The number of hydrogen-bond donors (Lipinski definition) is 1. The van der Waals surface area contributed by atoms with Gasteiger partial charge in [0.25, 0.3) is 0 Å². The zero-order valence-electron chi connectivity index (χ0n) is 13.0. The number of amidine groups is 1. The molecule has 1 aliphatic rings. The number of carbonyl (C=O) groups is 1. The van der Waals surface area contributed by atoms with Crippen LogP contribution in [0.25, 0.3) is 0 Å². The van der Waals surface area contributed by atoms with Crippen LogP contribution in [0.5, 0.6) is 0 Å². The summed E-state index contributed by atoms with van der Waals surface area (Å²) >= 11 is 1.35. The van der Waals surface area contributed by atoms with E-state index in [1.54, 1.807) is 12.4 Å². The monoisotopic (exact) mass is 319 g/mol. The molecule has 0 aromatic carbocycles. The zero-order chi connectivity index (χ0) is 15.8. The molecule has 2 rings (SSSR count). The van der Waals surface area contributed by atoms with Gasteiger partial charge in [0.05, 0.1) is 23.4 Å². The van der Waals surface area contributed by atoms with E-state index >= 15 is 0 Å². The lowest BCUT2D eigenvalue weighted by atomic mass is 10.1. The average molecular weight is 319 g/mol. The van der Waals surface area contributed by atoms with Crippen LogP contribution in [-0.2, 0) is 11.2 Å². The second kappa shape index (κ2) is 8.63. The Morgan fingerprint density at radius 1 is 1.32 bits per heavy atom. The number of aromatic nitrogens is 2. The maximum absolute atomic E-state index is 11.0. The van der Waals surface area contributed by atoms with Crippen molar-refractivity contribution in [3.8, 4) is 0 Å². The topological polar surface area (TPSA) is 79.6 Å². The number of aryl methyl sites for hydroxylation is 1. The van der Waals surface area contributed by atoms with E-state index in [4.69, 9.17) is 0 Å². The normalized spacial score (nSPS) is 17.1. The third-order valence-corrected chi connectivity index (χ3v) is 4.10. The Morgan fingerprint density at radius 3 is 2.82 bits per heavy atom. The van der Waals surface area contributed by atoms with Gasteiger partial charge in [-0.15, -0.1) is 5.10 Å². The number of carbonyl (C=O) groups excluding carboxylic acids is 1. The van der Waals surface area contributed by atoms with E-state index in [1.165, 1.54) is 31.0 Å². The van der Waals surface area contributed by atoms with E-state index in [-0.39, 0.29) is 5.91 Å². The molecule has 0 bridgehead atoms. The van der Waals surface area contributed by atoms with Gasteiger partial charge in [-0.05, 0) is 19.8 Å². The van der Waals surface area contributed by atoms with Crippen molar-refractivity contribution in [2.45, 2.75) is 46.0 Å². The molecule has 0 spiro atoms. The van der Waals surface area contributed by atoms with E-state index in [1.807, 2.05) is 6.92 Å². The molecule has 0 saturated carbocycles. The summed E-state index contributed by atoms with van der Waals surface area (Å²) in [6.45, 7) is 4.03. The summed E-state index contributed by atoms with van der Waals surface area (Å²) in [6, 6.07) is 0. The van der Waals surface area contributed by atoms with E-state index in [2.05, 4.69) is 32.4 Å². The predicted octanol–water partition coefficient (Wildman–Crippen LogP) is 2.54. The lowest BCUT2D eigenvalue weighted by molar-refractivity contribution is -0.116. The van der Waals surface area contributed by atoms with E-state index in [0.29, 0.717) is 22.3 Å². The molecular weight excluding hydrogens is 298 g/mol. The van der Waals surface area contributed by atoms with Crippen molar-refractivity contribution in [2.24, 2.45) is 10.2 Å². The predicted molar refractivity (Wildman–Crippen MR) is 90.1 cm³/mol. The number of nitrogens with one attached hydrogen (secondary N) is 1. The van der Waals surface area contributed by atoms with Crippen molar-refractivity contribution < 1.29 is 4.79 Å². The van der Waals surface area contributed by atoms with Crippen LogP contribution in [0.1, 0.15) is 50.9 Å². The van der Waals surface area contributed by atoms with Gasteiger partial charge in [-0.2, -0.15) is 5.10 Å². The minimum Gasteiger partial charge on any atom is -0.303 e.